The molecule has 0 radical (unpaired) electrons. The molecule has 1 heterocycles. The van der Waals surface area contributed by atoms with Gasteiger partial charge in [0.15, 0.2) is 12.1 Å². The lowest BCUT2D eigenvalue weighted by atomic mass is 9.53. The van der Waals surface area contributed by atoms with Crippen LogP contribution >= 0.6 is 0 Å². The van der Waals surface area contributed by atoms with E-state index in [1.165, 1.54) is 19.3 Å². The third kappa shape index (κ3) is 2.17. The van der Waals surface area contributed by atoms with Gasteiger partial charge in [0, 0.05) is 12.0 Å². The van der Waals surface area contributed by atoms with Gasteiger partial charge in [-0.15, -0.1) is 0 Å². The summed E-state index contributed by atoms with van der Waals surface area (Å²) >= 11 is 0. The van der Waals surface area contributed by atoms with Gasteiger partial charge in [0.1, 0.15) is 0 Å². The zero-order valence-electron chi connectivity index (χ0n) is 12.2. The second kappa shape index (κ2) is 4.42. The Morgan fingerprint density at radius 1 is 1.16 bits per heavy atom. The van der Waals surface area contributed by atoms with Gasteiger partial charge in [-0.25, -0.2) is 0 Å². The number of allylic oxidation sites excluding steroid dienone is 1. The predicted molar refractivity (Wildman–Crippen MR) is 72.6 cm³/mol. The standard InChI is InChI=1S/C16H24O3/c1-15(2)5-4-6-16(3)10-11(12(17)9-13(15)16)14-18-7-8-19-14/h10,13-14H,4-9H2,1-3H3/t13-,16+/m0/s1. The highest BCUT2D eigenvalue weighted by molar-refractivity contribution is 5.97. The molecule has 2 atom stereocenters. The van der Waals surface area contributed by atoms with E-state index < -0.39 is 6.29 Å². The topological polar surface area (TPSA) is 35.5 Å². The van der Waals surface area contributed by atoms with Gasteiger partial charge in [-0.1, -0.05) is 33.3 Å². The lowest BCUT2D eigenvalue weighted by Gasteiger charge is -2.52. The van der Waals surface area contributed by atoms with Gasteiger partial charge in [-0.3, -0.25) is 4.79 Å². The van der Waals surface area contributed by atoms with Crippen LogP contribution < -0.4 is 0 Å². The Hall–Kier alpha value is -0.670. The van der Waals surface area contributed by atoms with Crippen LogP contribution in [0.15, 0.2) is 11.6 Å². The number of carbonyl (C=O) groups is 1. The number of Topliss-reactive ketones (excluding diaryl/α,β-unsaturated/α-hetero) is 1. The van der Waals surface area contributed by atoms with Crippen molar-refractivity contribution < 1.29 is 14.3 Å². The smallest absolute Gasteiger partial charge is 0.187 e. The number of ether oxygens (including phenoxy) is 2. The third-order valence-corrected chi connectivity index (χ3v) is 5.35. The largest absolute Gasteiger partial charge is 0.346 e. The van der Waals surface area contributed by atoms with Crippen molar-refractivity contribution in [2.75, 3.05) is 13.2 Å². The summed E-state index contributed by atoms with van der Waals surface area (Å²) in [7, 11) is 0. The van der Waals surface area contributed by atoms with Gasteiger partial charge in [0.2, 0.25) is 0 Å². The number of rotatable bonds is 1. The van der Waals surface area contributed by atoms with E-state index in [1.54, 1.807) is 0 Å². The lowest BCUT2D eigenvalue weighted by Crippen LogP contribution is -2.46. The Morgan fingerprint density at radius 3 is 2.53 bits per heavy atom. The summed E-state index contributed by atoms with van der Waals surface area (Å²) in [6.07, 6.45) is 6.06. The molecule has 0 aromatic rings. The summed E-state index contributed by atoms with van der Waals surface area (Å²) in [5, 5.41) is 0. The summed E-state index contributed by atoms with van der Waals surface area (Å²) < 4.78 is 11.1. The Balaban J connectivity index is 1.95. The molecule has 2 fully saturated rings. The highest BCUT2D eigenvalue weighted by Crippen LogP contribution is 2.56. The molecular formula is C16H24O3. The van der Waals surface area contributed by atoms with Crippen LogP contribution in [0.2, 0.25) is 0 Å². The van der Waals surface area contributed by atoms with E-state index in [0.29, 0.717) is 25.6 Å². The minimum atomic E-state index is -0.407. The first-order valence-corrected chi connectivity index (χ1v) is 7.42. The Bertz CT molecular complexity index is 418. The average Bonchev–Trinajstić information content (AvgIpc) is 2.84. The van der Waals surface area contributed by atoms with Gasteiger partial charge < -0.3 is 9.47 Å². The van der Waals surface area contributed by atoms with Gasteiger partial charge in [-0.05, 0) is 29.6 Å². The van der Waals surface area contributed by atoms with Crippen LogP contribution in [0.25, 0.3) is 0 Å². The van der Waals surface area contributed by atoms with Gasteiger partial charge >= 0.3 is 0 Å². The molecule has 0 amide bonds. The van der Waals surface area contributed by atoms with Crippen molar-refractivity contribution in [2.45, 2.75) is 52.7 Å². The zero-order chi connectivity index (χ0) is 13.7. The summed E-state index contributed by atoms with van der Waals surface area (Å²) in [5.74, 6) is 0.677. The van der Waals surface area contributed by atoms with Crippen molar-refractivity contribution in [2.24, 2.45) is 16.7 Å². The van der Waals surface area contributed by atoms with Crippen LogP contribution in [0.4, 0.5) is 0 Å². The predicted octanol–water partition coefficient (Wildman–Crippen LogP) is 3.09. The number of hydrogen-bond donors (Lipinski definition) is 0. The molecule has 3 rings (SSSR count). The highest BCUT2D eigenvalue weighted by Gasteiger charge is 2.50. The lowest BCUT2D eigenvalue weighted by molar-refractivity contribution is -0.125. The summed E-state index contributed by atoms with van der Waals surface area (Å²) in [6.45, 7) is 8.12. The first kappa shape index (κ1) is 13.3. The quantitative estimate of drug-likeness (QED) is 0.730. The number of ketones is 1. The van der Waals surface area contributed by atoms with Crippen LogP contribution in [0.3, 0.4) is 0 Å². The minimum Gasteiger partial charge on any atom is -0.346 e. The second-order valence-electron chi connectivity index (χ2n) is 7.20. The molecule has 106 valence electrons. The summed E-state index contributed by atoms with van der Waals surface area (Å²) in [4.78, 5) is 12.4. The second-order valence-corrected chi connectivity index (χ2v) is 7.20. The van der Waals surface area contributed by atoms with Crippen molar-refractivity contribution in [3.63, 3.8) is 0 Å². The van der Waals surface area contributed by atoms with E-state index in [1.807, 2.05) is 0 Å². The van der Waals surface area contributed by atoms with Crippen LogP contribution in [0.5, 0.6) is 0 Å². The summed E-state index contributed by atoms with van der Waals surface area (Å²) in [6, 6.07) is 0. The van der Waals surface area contributed by atoms with Crippen LogP contribution in [-0.2, 0) is 14.3 Å². The molecule has 0 aromatic heterocycles. The normalized spacial score (nSPS) is 39.0. The van der Waals surface area contributed by atoms with E-state index >= 15 is 0 Å². The first-order chi connectivity index (χ1) is 8.92. The molecule has 1 saturated carbocycles. The molecule has 19 heavy (non-hydrogen) atoms. The highest BCUT2D eigenvalue weighted by atomic mass is 16.7. The maximum absolute atomic E-state index is 12.4. The van der Waals surface area contributed by atoms with E-state index in [4.69, 9.17) is 9.47 Å². The molecule has 0 spiro atoms. The van der Waals surface area contributed by atoms with E-state index in [2.05, 4.69) is 26.8 Å². The maximum Gasteiger partial charge on any atom is 0.187 e. The number of fused-ring (bicyclic) bond motifs is 1. The van der Waals surface area contributed by atoms with Crippen molar-refractivity contribution in [3.8, 4) is 0 Å². The Kier molecular flexibility index (Phi) is 3.10. The molecule has 3 aliphatic rings. The SMILES string of the molecule is CC1(C)CCC[C@]2(C)C=C(C3OCCO3)C(=O)C[C@@H]12. The van der Waals surface area contributed by atoms with E-state index in [-0.39, 0.29) is 16.6 Å². The van der Waals surface area contributed by atoms with Gasteiger partial charge in [0.05, 0.1) is 13.2 Å². The Morgan fingerprint density at radius 2 is 1.84 bits per heavy atom. The maximum atomic E-state index is 12.4. The molecular weight excluding hydrogens is 240 g/mol. The fourth-order valence-electron chi connectivity index (χ4n) is 4.32. The molecule has 0 aromatic carbocycles. The minimum absolute atomic E-state index is 0.125. The Labute approximate surface area is 115 Å². The fourth-order valence-corrected chi connectivity index (χ4v) is 4.32. The van der Waals surface area contributed by atoms with Gasteiger partial charge in [-0.2, -0.15) is 0 Å². The third-order valence-electron chi connectivity index (χ3n) is 5.35. The van der Waals surface area contributed by atoms with Crippen molar-refractivity contribution in [1.82, 2.24) is 0 Å². The average molecular weight is 264 g/mol. The molecule has 1 saturated heterocycles. The van der Waals surface area contributed by atoms with Crippen molar-refractivity contribution >= 4 is 5.78 Å². The van der Waals surface area contributed by atoms with Gasteiger partial charge in [0.25, 0.3) is 0 Å². The van der Waals surface area contributed by atoms with Crippen LogP contribution in [0, 0.1) is 16.7 Å². The van der Waals surface area contributed by atoms with Crippen molar-refractivity contribution in [1.29, 1.82) is 0 Å². The zero-order valence-corrected chi connectivity index (χ0v) is 12.2. The number of hydrogen-bond acceptors (Lipinski definition) is 3. The van der Waals surface area contributed by atoms with Crippen LogP contribution in [0.1, 0.15) is 46.5 Å². The molecule has 0 N–H and O–H groups in total. The number of carbonyl (C=O) groups excluding carboxylic acids is 1. The molecule has 0 bridgehead atoms. The molecule has 2 aliphatic carbocycles. The summed E-state index contributed by atoms with van der Waals surface area (Å²) in [5.41, 5.74) is 1.15. The molecule has 3 heteroatoms. The van der Waals surface area contributed by atoms with Crippen LogP contribution in [-0.4, -0.2) is 25.3 Å². The fraction of sp³-hybridized carbons (Fsp3) is 0.812. The molecule has 3 nitrogen and oxygen atoms in total. The molecule has 0 unspecified atom stereocenters. The first-order valence-electron chi connectivity index (χ1n) is 7.42. The van der Waals surface area contributed by atoms with E-state index in [9.17, 15) is 4.79 Å². The van der Waals surface area contributed by atoms with Crippen molar-refractivity contribution in [3.05, 3.63) is 11.6 Å². The monoisotopic (exact) mass is 264 g/mol. The van der Waals surface area contributed by atoms with E-state index in [0.717, 1.165) is 5.57 Å². The molecule has 1 aliphatic heterocycles.